The van der Waals surface area contributed by atoms with Gasteiger partial charge >= 0.3 is 5.97 Å². The summed E-state index contributed by atoms with van der Waals surface area (Å²) in [5, 5.41) is 27.7. The maximum atomic E-state index is 10.4. The number of aromatic nitrogens is 3. The summed E-state index contributed by atoms with van der Waals surface area (Å²) in [7, 11) is 1.00. The van der Waals surface area contributed by atoms with Crippen LogP contribution in [0.4, 0.5) is 0 Å². The normalized spacial score (nSPS) is 12.8. The molecule has 3 aromatic rings. The number of aldehydes is 21. The van der Waals surface area contributed by atoms with Gasteiger partial charge in [0.05, 0.1) is 109 Å². The molecule has 0 saturated carbocycles. The number of carbonyl (C=O) groups excluding carboxylic acids is 21. The van der Waals surface area contributed by atoms with Crippen LogP contribution in [0.5, 0.6) is 0 Å². The molecule has 18 atom stereocenters. The van der Waals surface area contributed by atoms with Gasteiger partial charge in [-0.3, -0.25) is 4.79 Å². The minimum absolute atomic E-state index is 0. The number of aliphatic hydroxyl groups excluding tert-OH is 2. The van der Waals surface area contributed by atoms with Crippen LogP contribution < -0.4 is 120 Å². The van der Waals surface area contributed by atoms with E-state index in [1.807, 2.05) is 58.2 Å². The average molecular weight is 2100 g/mol. The van der Waals surface area contributed by atoms with Gasteiger partial charge < -0.3 is 246 Å². The van der Waals surface area contributed by atoms with E-state index in [-0.39, 0.29) is 221 Å². The Morgan fingerprint density at radius 3 is 0.833 bits per heavy atom. The van der Waals surface area contributed by atoms with Crippen molar-refractivity contribution in [1.82, 2.24) is 20.3 Å². The smallest absolute Gasteiger partial charge is 0.303 e. The fraction of sp³-hybridized carbons (Fsp3) is 0.607. The van der Waals surface area contributed by atoms with Gasteiger partial charge in [0.2, 0.25) is 0 Å². The number of aromatic amines is 2. The number of carboxylic acid groups (broad SMARTS) is 1. The third-order valence-corrected chi connectivity index (χ3v) is 11.1. The highest BCUT2D eigenvalue weighted by Crippen LogP contribution is 2.18. The van der Waals surface area contributed by atoms with Crippen LogP contribution in [0.2, 0.25) is 0 Å². The van der Waals surface area contributed by atoms with Crippen LogP contribution in [0.3, 0.4) is 0 Å². The Balaban J connectivity index is -0.0000000377. The Labute approximate surface area is 854 Å². The molecule has 1 fully saturated rings. The van der Waals surface area contributed by atoms with E-state index >= 15 is 0 Å². The van der Waals surface area contributed by atoms with Crippen LogP contribution in [0.15, 0.2) is 43.0 Å². The number of carboxylic acids is 1. The number of para-hydroxylation sites is 1. The Bertz CT molecular complexity index is 2750. The summed E-state index contributed by atoms with van der Waals surface area (Å²) in [6.45, 7) is 25.7. The van der Waals surface area contributed by atoms with E-state index in [2.05, 4.69) is 48.9 Å². The molecule has 46 N–H and O–H groups in total. The molecule has 1 saturated heterocycles. The fourth-order valence-electron chi connectivity index (χ4n) is 4.16. The monoisotopic (exact) mass is 2100 g/mol. The number of rotatable bonds is 32. The van der Waals surface area contributed by atoms with Crippen LogP contribution in [0, 0.1) is 11.8 Å². The quantitative estimate of drug-likeness (QED) is 0.0259. The molecule has 0 radical (unpaired) electrons. The lowest BCUT2D eigenvalue weighted by Crippen LogP contribution is -2.33. The zero-order valence-electron chi connectivity index (χ0n) is 80.1. The van der Waals surface area contributed by atoms with Crippen molar-refractivity contribution in [2.24, 2.45) is 127 Å². The van der Waals surface area contributed by atoms with Crippen LogP contribution in [-0.4, -0.2) is 317 Å². The number of imidazole rings is 1. The highest BCUT2D eigenvalue weighted by atomic mass is 32.1. The Kier molecular flexibility index (Phi) is 261. The molecule has 2 aromatic heterocycles. The third-order valence-electron chi connectivity index (χ3n) is 11.1. The molecular weight excluding hydrogens is 1910 g/mol. The predicted octanol–water partition coefficient (Wildman–Crippen LogP) is -6.12. The molecule has 1 aromatic carbocycles. The molecule has 0 unspecified atom stereocenters. The van der Waals surface area contributed by atoms with E-state index in [0.717, 1.165) is 86.5 Å². The summed E-state index contributed by atoms with van der Waals surface area (Å²) in [5.41, 5.74) is 102. The van der Waals surface area contributed by atoms with Gasteiger partial charge in [0.25, 0.3) is 0 Å². The van der Waals surface area contributed by atoms with E-state index in [0.29, 0.717) is 119 Å². The third kappa shape index (κ3) is 255. The van der Waals surface area contributed by atoms with Gasteiger partial charge in [-0.25, -0.2) is 4.98 Å². The first kappa shape index (κ1) is 203. The number of nitrogens with zero attached hydrogens (tertiary/aromatic N) is 1. The first-order valence-electron chi connectivity index (χ1n) is 39.2. The number of nitrogens with two attached hydrogens (primary N) is 20. The Morgan fingerprint density at radius 1 is 0.406 bits per heavy atom. The molecule has 0 bridgehead atoms. The van der Waals surface area contributed by atoms with Crippen molar-refractivity contribution in [3.8, 4) is 0 Å². The van der Waals surface area contributed by atoms with Crippen LogP contribution in [-0.2, 0) is 118 Å². The van der Waals surface area contributed by atoms with Crippen molar-refractivity contribution in [3.05, 3.63) is 54.2 Å². The topological polar surface area (TPSA) is 1010 Å². The van der Waals surface area contributed by atoms with Crippen molar-refractivity contribution in [3.63, 3.8) is 0 Å². The molecule has 1 aliphatic heterocycles. The van der Waals surface area contributed by atoms with Crippen LogP contribution in [0.1, 0.15) is 170 Å². The molecular formula is C84H190N24O25S5. The van der Waals surface area contributed by atoms with Crippen molar-refractivity contribution in [1.29, 1.82) is 0 Å². The summed E-state index contributed by atoms with van der Waals surface area (Å²) in [6, 6.07) is 2.77. The molecule has 1 aliphatic rings. The fourth-order valence-corrected chi connectivity index (χ4v) is 4.16. The standard InChI is InChI=1S/C11H12N2O.C6H9N3O.C6H13NO.C5H9NO3.C5H9NO.C5H11NO.C4H9NO2.9C3H7NO.5C2H5NO.CH4O.4CH4.5H2S/c12-9(7-14)5-8-6-13-11-4-2-1-3-10(8)11;7-5(3-10)1-6-2-8-4-9-6;1-3-5(2)6(7)4-8;6-4(3-7)1-2-5(8)9;7-4-5-2-1-3-6-5;1-4(2)5(6)3-7;1-3(7)4(5)2-6;9*1-3(4)2-5;5*3-1-2-4;1-2;;;;;;;;;/h1-4,6-7,9,13H,5,12H2;2-5H,1,7H2,(H,8,9);4-6H,3,7H2,1-2H3;3-4H,1-2,6H2,(H,8,9);4-6H,1-3H2;3-5H,6H2,1-2H3;2-4,7H,5H2,1H3;9*2-3H,4H2,1H3;5*2H,1,3H2;2H,1H3;4*1H4;5*1H2/t9-;5-;5-,6+;4-;2*5-;3-,4-;9*3-;;;;;;;;;;;;;;;/m0000011000000000.............../s1. The average Bonchev–Trinajstić information content (AvgIpc) is 1.69. The number of hydrogen-bond donors (Lipinski definition) is 26. The number of hydrogen-bond acceptors (Lipinski definition) is 46. The van der Waals surface area contributed by atoms with Crippen molar-refractivity contribution < 1.29 is 121 Å². The van der Waals surface area contributed by atoms with E-state index in [1.165, 1.54) is 6.92 Å². The number of benzene rings is 1. The highest BCUT2D eigenvalue weighted by molar-refractivity contribution is 7.60. The lowest BCUT2D eigenvalue weighted by Gasteiger charge is -2.09. The van der Waals surface area contributed by atoms with Crippen LogP contribution in [0.25, 0.3) is 10.9 Å². The van der Waals surface area contributed by atoms with Gasteiger partial charge in [0.1, 0.15) is 132 Å². The second-order valence-electron chi connectivity index (χ2n) is 25.5. The summed E-state index contributed by atoms with van der Waals surface area (Å²) < 4.78 is 0. The number of aliphatic hydroxyl groups is 2. The van der Waals surface area contributed by atoms with Gasteiger partial charge in [-0.15, -0.1) is 0 Å². The van der Waals surface area contributed by atoms with Crippen molar-refractivity contribution in [2.75, 3.05) is 46.4 Å². The van der Waals surface area contributed by atoms with E-state index in [9.17, 15) is 81.5 Å². The number of H-pyrrole nitrogens is 2. The second kappa shape index (κ2) is 177. The zero-order chi connectivity index (χ0) is 106. The minimum atomic E-state index is -0.924. The molecule has 138 heavy (non-hydrogen) atoms. The summed E-state index contributed by atoms with van der Waals surface area (Å²) in [6.07, 6.45) is 23.5. The molecule has 0 aliphatic carbocycles. The molecule has 54 heteroatoms. The summed E-state index contributed by atoms with van der Waals surface area (Å²) in [4.78, 5) is 219. The number of fused-ring (bicyclic) bond motifs is 1. The van der Waals surface area contributed by atoms with Gasteiger partial charge in [-0.1, -0.05) is 82.0 Å². The largest absolute Gasteiger partial charge is 0.481 e. The van der Waals surface area contributed by atoms with Gasteiger partial charge in [0, 0.05) is 81.7 Å². The zero-order valence-corrected chi connectivity index (χ0v) is 85.1. The molecule has 826 valence electrons. The van der Waals surface area contributed by atoms with Gasteiger partial charge in [-0.2, -0.15) is 67.5 Å². The minimum Gasteiger partial charge on any atom is -0.481 e. The van der Waals surface area contributed by atoms with E-state index < -0.39 is 36.2 Å². The first-order valence-corrected chi connectivity index (χ1v) is 39.2. The Morgan fingerprint density at radius 2 is 0.674 bits per heavy atom. The summed E-state index contributed by atoms with van der Waals surface area (Å²) >= 11 is 0. The highest BCUT2D eigenvalue weighted by Gasteiger charge is 2.12. The van der Waals surface area contributed by atoms with Crippen LogP contribution >= 0.6 is 67.5 Å². The molecule has 4 rings (SSSR count). The first-order chi connectivity index (χ1) is 60.3. The van der Waals surface area contributed by atoms with Crippen molar-refractivity contribution >= 4 is 216 Å². The number of carbonyl (C=O) groups is 22. The lowest BCUT2D eigenvalue weighted by molar-refractivity contribution is -0.137. The Hall–Kier alpha value is -8.66. The number of nitrogens with one attached hydrogen (secondary N) is 3. The van der Waals surface area contributed by atoms with Gasteiger partial charge in [-0.05, 0) is 125 Å². The maximum Gasteiger partial charge on any atom is 0.303 e. The van der Waals surface area contributed by atoms with Gasteiger partial charge in [0.15, 0.2) is 0 Å². The molecule has 49 nitrogen and oxygen atoms in total. The molecule has 0 amide bonds. The predicted molar refractivity (Wildman–Crippen MR) is 578 cm³/mol. The van der Waals surface area contributed by atoms with E-state index in [4.69, 9.17) is 125 Å². The summed E-state index contributed by atoms with van der Waals surface area (Å²) in [5.74, 6) is -0.322. The second-order valence-corrected chi connectivity index (χ2v) is 25.5. The lowest BCUT2D eigenvalue weighted by atomic mass is 10.0. The molecule has 3 heterocycles. The van der Waals surface area contributed by atoms with Crippen molar-refractivity contribution in [2.45, 2.75) is 274 Å². The SMILES string of the molecule is C.C.C.C.CC(C)[C@H](N)C=O.CC[C@H](C)[C@H](N)C=O.CO.C[C@@H](O)[C@H](N)C=O.C[C@H](N)C=O.C[C@H](N)C=O.C[C@H](N)C=O.C[C@H](N)C=O.C[C@H](N)C=O.C[C@H](N)C=O.C[C@H](N)C=O.C[C@H](N)C=O.C[C@H](N)C=O.NCC=O.NCC=O.NCC=O.NCC=O.NCC=O.N[C@H](C=O)CCC(=O)O.N[C@H](C=O)Cc1c[nH]c2ccccc12.N[C@H](C=O)Cc1cnc[nH]1.O=C[C@@H]1CCCN1.S.S.S.S.S. The maximum absolute atomic E-state index is 10.4. The van der Waals surface area contributed by atoms with E-state index in [1.54, 1.807) is 74.8 Å². The number of aliphatic carboxylic acids is 1. The molecule has 0 spiro atoms.